The van der Waals surface area contributed by atoms with Gasteiger partial charge in [0.1, 0.15) is 16.5 Å². The minimum absolute atomic E-state index is 0.0222. The molecule has 2 saturated heterocycles. The number of amides is 1. The van der Waals surface area contributed by atoms with Crippen LogP contribution < -0.4 is 13.8 Å². The molecule has 2 fully saturated rings. The van der Waals surface area contributed by atoms with E-state index in [1.807, 2.05) is 23.6 Å². The number of thiazole rings is 1. The number of halogens is 1. The van der Waals surface area contributed by atoms with Crippen LogP contribution in [0.3, 0.4) is 0 Å². The van der Waals surface area contributed by atoms with E-state index in [1.54, 1.807) is 43.6 Å². The third-order valence-corrected chi connectivity index (χ3v) is 12.2. The minimum atomic E-state index is -4.37. The maximum absolute atomic E-state index is 15.5. The zero-order valence-corrected chi connectivity index (χ0v) is 28.1. The van der Waals surface area contributed by atoms with Gasteiger partial charge in [-0.3, -0.25) is 14.6 Å². The summed E-state index contributed by atoms with van der Waals surface area (Å²) in [6, 6.07) is 16.8. The van der Waals surface area contributed by atoms with Crippen LogP contribution in [0.4, 0.5) is 5.69 Å². The Labute approximate surface area is 278 Å². The number of rotatable bonds is 9. The molecule has 4 heterocycles. The molecule has 4 aromatic rings. The van der Waals surface area contributed by atoms with E-state index >= 15 is 4.79 Å². The molecule has 0 N–H and O–H groups in total. The fraction of sp³-hybridized carbons (Fsp3) is 0.353. The lowest BCUT2D eigenvalue weighted by Gasteiger charge is -2.42. The highest BCUT2D eigenvalue weighted by Gasteiger charge is 2.62. The lowest BCUT2D eigenvalue weighted by Crippen LogP contribution is -2.54. The molecule has 1 amide bonds. The van der Waals surface area contributed by atoms with Crippen LogP contribution in [0.5, 0.6) is 11.5 Å². The average Bonchev–Trinajstić information content (AvgIpc) is 3.88. The molecule has 2 atom stereocenters. The van der Waals surface area contributed by atoms with E-state index in [1.165, 1.54) is 30.6 Å². The molecule has 0 radical (unpaired) electrons. The molecule has 3 aromatic carbocycles. The lowest BCUT2D eigenvalue weighted by atomic mass is 9.80. The second-order valence-electron chi connectivity index (χ2n) is 11.9. The summed E-state index contributed by atoms with van der Waals surface area (Å²) >= 11 is 8.23. The van der Waals surface area contributed by atoms with E-state index in [2.05, 4.69) is 14.8 Å². The van der Waals surface area contributed by atoms with Crippen molar-refractivity contribution in [3.05, 3.63) is 99.0 Å². The van der Waals surface area contributed by atoms with E-state index in [0.717, 1.165) is 53.6 Å². The Balaban J connectivity index is 1.49. The topological polar surface area (TPSA) is 92.3 Å². The van der Waals surface area contributed by atoms with Gasteiger partial charge in [0.05, 0.1) is 30.8 Å². The number of sulfonamides is 1. The lowest BCUT2D eigenvalue weighted by molar-refractivity contribution is -0.127. The van der Waals surface area contributed by atoms with Crippen molar-refractivity contribution in [3.63, 3.8) is 0 Å². The number of aromatic nitrogens is 1. The maximum atomic E-state index is 15.5. The molecule has 12 heteroatoms. The first-order valence-corrected chi connectivity index (χ1v) is 18.1. The van der Waals surface area contributed by atoms with Crippen LogP contribution in [0, 0.1) is 0 Å². The number of hydrogen-bond acceptors (Lipinski definition) is 9. The van der Waals surface area contributed by atoms with Crippen molar-refractivity contribution < 1.29 is 22.7 Å². The Morgan fingerprint density at radius 3 is 2.43 bits per heavy atom. The predicted octanol–water partition coefficient (Wildman–Crippen LogP) is 6.23. The van der Waals surface area contributed by atoms with Crippen LogP contribution in [0.15, 0.2) is 77.1 Å². The summed E-state index contributed by atoms with van der Waals surface area (Å²) in [4.78, 5) is 24.7. The van der Waals surface area contributed by atoms with Gasteiger partial charge in [-0.15, -0.1) is 11.3 Å². The standard InChI is InChI=1S/C34H35ClN4O5S2/c1-43-25-9-11-26(12-10-25)46(41,42)39-29-13-8-24(35)21-27(29)34(33(39)40,38-18-5-6-30(38)32-36-15-19-45-32)28-20-23(7-14-31(28)44-2)22-37-16-3-4-17-37/h7-15,19-21,30H,3-6,16-18,22H2,1-2H3. The number of anilines is 1. The number of likely N-dealkylation sites (tertiary alicyclic amines) is 2. The van der Waals surface area contributed by atoms with E-state index in [0.29, 0.717) is 40.7 Å². The molecule has 0 aliphatic carbocycles. The Morgan fingerprint density at radius 2 is 1.74 bits per heavy atom. The number of benzene rings is 3. The van der Waals surface area contributed by atoms with Crippen molar-refractivity contribution in [2.45, 2.75) is 48.7 Å². The first kappa shape index (κ1) is 31.1. The molecule has 3 aliphatic heterocycles. The summed E-state index contributed by atoms with van der Waals surface area (Å²) in [7, 11) is -1.27. The quantitative estimate of drug-likeness (QED) is 0.206. The fourth-order valence-corrected chi connectivity index (χ4v) is 9.71. The predicted molar refractivity (Wildman–Crippen MR) is 178 cm³/mol. The van der Waals surface area contributed by atoms with Crippen LogP contribution in [0.2, 0.25) is 5.02 Å². The van der Waals surface area contributed by atoms with E-state index in [-0.39, 0.29) is 16.6 Å². The Kier molecular flexibility index (Phi) is 8.31. The van der Waals surface area contributed by atoms with E-state index in [4.69, 9.17) is 21.1 Å². The fourth-order valence-electron chi connectivity index (χ4n) is 7.29. The Bertz CT molecular complexity index is 1860. The van der Waals surface area contributed by atoms with Crippen molar-refractivity contribution in [2.24, 2.45) is 0 Å². The number of fused-ring (bicyclic) bond motifs is 1. The van der Waals surface area contributed by atoms with Crippen LogP contribution in [-0.4, -0.2) is 63.0 Å². The zero-order chi connectivity index (χ0) is 32.1. The molecule has 46 heavy (non-hydrogen) atoms. The maximum Gasteiger partial charge on any atom is 0.271 e. The number of methoxy groups -OCH3 is 2. The minimum Gasteiger partial charge on any atom is -0.497 e. The van der Waals surface area contributed by atoms with Crippen LogP contribution in [0.1, 0.15) is 53.4 Å². The molecular weight excluding hydrogens is 644 g/mol. The highest BCUT2D eigenvalue weighted by atomic mass is 35.5. The normalized spacial score (nSPS) is 22.0. The number of carbonyl (C=O) groups is 1. The van der Waals surface area contributed by atoms with Gasteiger partial charge < -0.3 is 9.47 Å². The summed E-state index contributed by atoms with van der Waals surface area (Å²) in [6.45, 7) is 3.28. The molecule has 0 bridgehead atoms. The average molecular weight is 679 g/mol. The number of carbonyl (C=O) groups excluding carboxylic acids is 1. The van der Waals surface area contributed by atoms with Crippen molar-refractivity contribution in [1.82, 2.24) is 14.8 Å². The van der Waals surface area contributed by atoms with Gasteiger partial charge in [0, 0.05) is 40.8 Å². The molecule has 240 valence electrons. The van der Waals surface area contributed by atoms with E-state index in [9.17, 15) is 8.42 Å². The molecule has 1 aromatic heterocycles. The molecule has 0 spiro atoms. The first-order chi connectivity index (χ1) is 22.3. The smallest absolute Gasteiger partial charge is 0.271 e. The van der Waals surface area contributed by atoms with Crippen LogP contribution in [-0.2, 0) is 26.9 Å². The summed E-state index contributed by atoms with van der Waals surface area (Å²) in [5, 5.41) is 3.20. The highest BCUT2D eigenvalue weighted by Crippen LogP contribution is 2.57. The number of nitrogens with zero attached hydrogens (tertiary/aromatic N) is 4. The molecule has 2 unspecified atom stereocenters. The second kappa shape index (κ2) is 12.3. The highest BCUT2D eigenvalue weighted by molar-refractivity contribution is 7.93. The van der Waals surface area contributed by atoms with Gasteiger partial charge in [-0.1, -0.05) is 17.7 Å². The number of hydrogen-bond donors (Lipinski definition) is 0. The van der Waals surface area contributed by atoms with Crippen molar-refractivity contribution in [3.8, 4) is 11.5 Å². The number of ether oxygens (including phenoxy) is 2. The van der Waals surface area contributed by atoms with Gasteiger partial charge in [-0.05, 0) is 98.9 Å². The van der Waals surface area contributed by atoms with Crippen molar-refractivity contribution in [2.75, 3.05) is 38.2 Å². The summed E-state index contributed by atoms with van der Waals surface area (Å²) in [6.07, 6.45) is 5.63. The van der Waals surface area contributed by atoms with Crippen LogP contribution in [0.25, 0.3) is 0 Å². The van der Waals surface area contributed by atoms with Gasteiger partial charge in [-0.25, -0.2) is 17.7 Å². The summed E-state index contributed by atoms with van der Waals surface area (Å²) in [5.74, 6) is 0.412. The Hall–Kier alpha value is -3.48. The molecule has 9 nitrogen and oxygen atoms in total. The first-order valence-electron chi connectivity index (χ1n) is 15.4. The van der Waals surface area contributed by atoms with Gasteiger partial charge in [0.15, 0.2) is 5.54 Å². The van der Waals surface area contributed by atoms with Gasteiger partial charge in [-0.2, -0.15) is 0 Å². The van der Waals surface area contributed by atoms with Crippen molar-refractivity contribution in [1.29, 1.82) is 0 Å². The largest absolute Gasteiger partial charge is 0.497 e. The molecule has 3 aliphatic rings. The zero-order valence-electron chi connectivity index (χ0n) is 25.7. The summed E-state index contributed by atoms with van der Waals surface area (Å²) in [5.41, 5.74) is 0.814. The SMILES string of the molecule is COc1ccc(S(=O)(=O)N2C(=O)C(c3cc(CN4CCCC4)ccc3OC)(N3CCCC3c3nccs3)c3cc(Cl)ccc32)cc1. The van der Waals surface area contributed by atoms with Crippen LogP contribution >= 0.6 is 22.9 Å². The van der Waals surface area contributed by atoms with Crippen molar-refractivity contribution >= 4 is 44.6 Å². The van der Waals surface area contributed by atoms with E-state index < -0.39 is 21.5 Å². The third-order valence-electron chi connectivity index (χ3n) is 9.34. The second-order valence-corrected chi connectivity index (χ2v) is 15.0. The third kappa shape index (κ3) is 5.00. The molecule has 0 saturated carbocycles. The Morgan fingerprint density at radius 1 is 0.957 bits per heavy atom. The molecule has 7 rings (SSSR count). The monoisotopic (exact) mass is 678 g/mol. The van der Waals surface area contributed by atoms with Gasteiger partial charge in [0.25, 0.3) is 15.9 Å². The van der Waals surface area contributed by atoms with Gasteiger partial charge >= 0.3 is 0 Å². The van der Waals surface area contributed by atoms with Gasteiger partial charge in [0.2, 0.25) is 0 Å². The summed E-state index contributed by atoms with van der Waals surface area (Å²) < 4.78 is 41.3. The molecular formula is C34H35ClN4O5S2.